The number of nitrogens with one attached hydrogen (secondary N) is 1. The van der Waals surface area contributed by atoms with E-state index in [-0.39, 0.29) is 4.75 Å². The number of benzene rings is 1. The highest BCUT2D eigenvalue weighted by Crippen LogP contribution is 2.32. The third kappa shape index (κ3) is 4.26. The van der Waals surface area contributed by atoms with Gasteiger partial charge in [0.15, 0.2) is 0 Å². The van der Waals surface area contributed by atoms with Crippen LogP contribution < -0.4 is 4.72 Å². The predicted octanol–water partition coefficient (Wildman–Crippen LogP) is 4.29. The Kier molecular flexibility index (Phi) is 5.53. The summed E-state index contributed by atoms with van der Waals surface area (Å²) in [6.45, 7) is 11.8. The van der Waals surface area contributed by atoms with E-state index in [2.05, 4.69) is 34.2 Å². The summed E-state index contributed by atoms with van der Waals surface area (Å²) >= 11 is 3.57. The third-order valence-corrected chi connectivity index (χ3v) is 5.33. The molecule has 0 aromatic heterocycles. The van der Waals surface area contributed by atoms with Gasteiger partial charge in [-0.05, 0) is 45.7 Å². The molecule has 0 saturated carbocycles. The lowest BCUT2D eigenvalue weighted by Gasteiger charge is -2.33. The summed E-state index contributed by atoms with van der Waals surface area (Å²) in [6.07, 6.45) is 2.56. The molecule has 106 valence electrons. The van der Waals surface area contributed by atoms with Crippen molar-refractivity contribution in [1.29, 1.82) is 0 Å². The minimum atomic E-state index is -1.14. The molecular formula is C15H22BrNOS. The first-order valence-corrected chi connectivity index (χ1v) is 8.20. The first kappa shape index (κ1) is 16.6. The van der Waals surface area contributed by atoms with Crippen molar-refractivity contribution < 1.29 is 4.21 Å². The molecule has 2 nitrogen and oxygen atoms in total. The maximum Gasteiger partial charge on any atom is 0.0978 e. The molecule has 0 amide bonds. The van der Waals surface area contributed by atoms with Gasteiger partial charge in [0, 0.05) is 4.47 Å². The molecule has 0 aliphatic carbocycles. The summed E-state index contributed by atoms with van der Waals surface area (Å²) in [4.78, 5) is 0. The summed E-state index contributed by atoms with van der Waals surface area (Å²) in [5.41, 5.74) is 0.687. The second kappa shape index (κ2) is 6.33. The van der Waals surface area contributed by atoms with Gasteiger partial charge < -0.3 is 0 Å². The van der Waals surface area contributed by atoms with E-state index in [1.807, 2.05) is 51.1 Å². The Morgan fingerprint density at radius 3 is 2.37 bits per heavy atom. The van der Waals surface area contributed by atoms with Crippen molar-refractivity contribution in [2.24, 2.45) is 0 Å². The van der Waals surface area contributed by atoms with Crippen LogP contribution in [0.3, 0.4) is 0 Å². The Labute approximate surface area is 127 Å². The van der Waals surface area contributed by atoms with Gasteiger partial charge in [0.2, 0.25) is 0 Å². The van der Waals surface area contributed by atoms with Gasteiger partial charge >= 0.3 is 0 Å². The van der Waals surface area contributed by atoms with Gasteiger partial charge in [-0.3, -0.25) is 0 Å². The summed E-state index contributed by atoms with van der Waals surface area (Å²) in [5, 5.41) is 0. The predicted molar refractivity (Wildman–Crippen MR) is 87.3 cm³/mol. The van der Waals surface area contributed by atoms with Gasteiger partial charge in [-0.1, -0.05) is 40.2 Å². The lowest BCUT2D eigenvalue weighted by atomic mass is 9.90. The highest BCUT2D eigenvalue weighted by atomic mass is 79.9. The average molecular weight is 344 g/mol. The summed E-state index contributed by atoms with van der Waals surface area (Å²) < 4.78 is 16.4. The van der Waals surface area contributed by atoms with E-state index in [0.717, 1.165) is 10.0 Å². The molecule has 1 rings (SSSR count). The Balaban J connectivity index is 3.15. The second-order valence-corrected chi connectivity index (χ2v) is 8.61. The van der Waals surface area contributed by atoms with E-state index in [0.29, 0.717) is 6.42 Å². The van der Waals surface area contributed by atoms with E-state index in [1.54, 1.807) is 0 Å². The van der Waals surface area contributed by atoms with Crippen LogP contribution in [0.25, 0.3) is 0 Å². The summed E-state index contributed by atoms with van der Waals surface area (Å²) in [6, 6.07) is 8.00. The van der Waals surface area contributed by atoms with Crippen LogP contribution in [0.5, 0.6) is 0 Å². The van der Waals surface area contributed by atoms with E-state index < -0.39 is 16.5 Å². The standard InChI is InChI=1S/C15H22BrNOS/c1-6-11-15(5,17-19(18)14(2,3)4)12-9-7-8-10-13(12)16/h6-10,17H,1,11H2,2-5H3/t15-,19-/m0/s1. The van der Waals surface area contributed by atoms with Gasteiger partial charge in [-0.25, -0.2) is 8.93 Å². The normalized spacial score (nSPS) is 16.7. The fourth-order valence-corrected chi connectivity index (χ4v) is 3.39. The zero-order valence-electron chi connectivity index (χ0n) is 12.0. The van der Waals surface area contributed by atoms with Crippen LogP contribution >= 0.6 is 15.9 Å². The first-order valence-electron chi connectivity index (χ1n) is 6.26. The molecule has 0 saturated heterocycles. The molecule has 4 heteroatoms. The fraction of sp³-hybridized carbons (Fsp3) is 0.467. The maximum atomic E-state index is 12.4. The fourth-order valence-electron chi connectivity index (χ4n) is 1.76. The molecule has 0 radical (unpaired) electrons. The molecular weight excluding hydrogens is 322 g/mol. The molecule has 0 aliphatic rings. The molecule has 0 heterocycles. The van der Waals surface area contributed by atoms with Crippen LogP contribution in [0.15, 0.2) is 41.4 Å². The molecule has 1 aromatic carbocycles. The second-order valence-electron chi connectivity index (χ2n) is 5.79. The van der Waals surface area contributed by atoms with Crippen molar-refractivity contribution in [3.8, 4) is 0 Å². The zero-order chi connectivity index (χ0) is 14.7. The number of rotatable bonds is 5. The number of halogens is 1. The molecule has 1 aromatic rings. The van der Waals surface area contributed by atoms with Crippen LogP contribution in [0.1, 0.15) is 39.7 Å². The maximum absolute atomic E-state index is 12.4. The van der Waals surface area contributed by atoms with Gasteiger partial charge in [0.25, 0.3) is 0 Å². The largest absolute Gasteiger partial charge is 0.242 e. The monoisotopic (exact) mass is 343 g/mol. The smallest absolute Gasteiger partial charge is 0.0978 e. The van der Waals surface area contributed by atoms with Gasteiger partial charge in [-0.15, -0.1) is 6.58 Å². The molecule has 1 N–H and O–H groups in total. The lowest BCUT2D eigenvalue weighted by Crippen LogP contribution is -2.46. The van der Waals surface area contributed by atoms with Crippen LogP contribution in [0, 0.1) is 0 Å². The summed E-state index contributed by atoms with van der Waals surface area (Å²) in [5.74, 6) is 0. The third-order valence-electron chi connectivity index (χ3n) is 2.90. The Hall–Kier alpha value is -0.450. The minimum Gasteiger partial charge on any atom is -0.242 e. The molecule has 0 bridgehead atoms. The van der Waals surface area contributed by atoms with E-state index in [9.17, 15) is 4.21 Å². The van der Waals surface area contributed by atoms with Crippen LogP contribution in [-0.2, 0) is 16.5 Å². The Morgan fingerprint density at radius 2 is 1.89 bits per heavy atom. The van der Waals surface area contributed by atoms with Gasteiger partial charge in [0.1, 0.15) is 0 Å². The molecule has 2 atom stereocenters. The van der Waals surface area contributed by atoms with Crippen LogP contribution in [0.2, 0.25) is 0 Å². The van der Waals surface area contributed by atoms with Crippen molar-refractivity contribution in [3.05, 3.63) is 47.0 Å². The Bertz CT molecular complexity index is 481. The van der Waals surface area contributed by atoms with E-state index in [1.165, 1.54) is 0 Å². The van der Waals surface area contributed by atoms with Crippen molar-refractivity contribution in [2.75, 3.05) is 0 Å². The topological polar surface area (TPSA) is 29.1 Å². The number of hydrogen-bond acceptors (Lipinski definition) is 1. The van der Waals surface area contributed by atoms with E-state index in [4.69, 9.17) is 0 Å². The number of hydrogen-bond donors (Lipinski definition) is 1. The SMILES string of the molecule is C=CC[C@](C)(N[S@@](=O)C(C)(C)C)c1ccccc1Br. The van der Waals surface area contributed by atoms with Crippen LogP contribution in [0.4, 0.5) is 0 Å². The molecule has 0 unspecified atom stereocenters. The van der Waals surface area contributed by atoms with Crippen molar-refractivity contribution in [1.82, 2.24) is 4.72 Å². The van der Waals surface area contributed by atoms with Crippen molar-refractivity contribution in [2.45, 2.75) is 44.4 Å². The van der Waals surface area contributed by atoms with Crippen molar-refractivity contribution >= 4 is 26.9 Å². The van der Waals surface area contributed by atoms with E-state index >= 15 is 0 Å². The zero-order valence-corrected chi connectivity index (χ0v) is 14.4. The highest BCUT2D eigenvalue weighted by molar-refractivity contribution is 9.10. The first-order chi connectivity index (χ1) is 8.70. The van der Waals surface area contributed by atoms with Crippen molar-refractivity contribution in [3.63, 3.8) is 0 Å². The van der Waals surface area contributed by atoms with Gasteiger partial charge in [0.05, 0.1) is 21.3 Å². The molecule has 0 fully saturated rings. The molecule has 0 aliphatic heterocycles. The molecule has 0 spiro atoms. The summed E-state index contributed by atoms with van der Waals surface area (Å²) in [7, 11) is -1.14. The Morgan fingerprint density at radius 1 is 1.32 bits per heavy atom. The van der Waals surface area contributed by atoms with Gasteiger partial charge in [-0.2, -0.15) is 0 Å². The minimum absolute atomic E-state index is 0.302. The molecule has 19 heavy (non-hydrogen) atoms. The quantitative estimate of drug-likeness (QED) is 0.793. The lowest BCUT2D eigenvalue weighted by molar-refractivity contribution is 0.444. The van der Waals surface area contributed by atoms with Crippen LogP contribution in [-0.4, -0.2) is 8.96 Å². The highest BCUT2D eigenvalue weighted by Gasteiger charge is 2.32. The average Bonchev–Trinajstić information content (AvgIpc) is 2.28.